The Morgan fingerprint density at radius 2 is 2.00 bits per heavy atom. The Kier molecular flexibility index (Phi) is 4.43. The first-order chi connectivity index (χ1) is 11.5. The standard InChI is InChI=1S/C16H16N2O6/c19-8-10-6-12(20)15(24-10)18-11(7-13(21)17-16(18)23)14(22)9-4-2-1-3-5-9/h1-5,7,10,12,15,19-20H,6,8H2,(H,17,21,23)/t10-,12?,15+/m1/s1. The van der Waals surface area contributed by atoms with Crippen molar-refractivity contribution in [2.24, 2.45) is 0 Å². The number of carbonyl (C=O) groups excluding carboxylic acids is 1. The number of hydrogen-bond donors (Lipinski definition) is 3. The first-order valence-electron chi connectivity index (χ1n) is 7.41. The fourth-order valence-electron chi connectivity index (χ4n) is 2.75. The van der Waals surface area contributed by atoms with Crippen molar-refractivity contribution in [2.75, 3.05) is 6.61 Å². The second-order valence-corrected chi connectivity index (χ2v) is 5.52. The lowest BCUT2D eigenvalue weighted by Gasteiger charge is -2.20. The summed E-state index contributed by atoms with van der Waals surface area (Å²) in [4.78, 5) is 38.6. The number of benzene rings is 1. The van der Waals surface area contributed by atoms with Gasteiger partial charge in [0.05, 0.1) is 12.7 Å². The third kappa shape index (κ3) is 2.94. The van der Waals surface area contributed by atoms with Crippen molar-refractivity contribution in [1.29, 1.82) is 0 Å². The molecule has 24 heavy (non-hydrogen) atoms. The van der Waals surface area contributed by atoms with Crippen molar-refractivity contribution in [2.45, 2.75) is 24.9 Å². The van der Waals surface area contributed by atoms with Crippen LogP contribution >= 0.6 is 0 Å². The molecule has 1 fully saturated rings. The molecule has 8 heteroatoms. The molecule has 2 aromatic rings. The normalized spacial score (nSPS) is 23.3. The van der Waals surface area contributed by atoms with Crippen molar-refractivity contribution in [1.82, 2.24) is 9.55 Å². The average Bonchev–Trinajstić information content (AvgIpc) is 2.95. The summed E-state index contributed by atoms with van der Waals surface area (Å²) >= 11 is 0. The second-order valence-electron chi connectivity index (χ2n) is 5.52. The smallest absolute Gasteiger partial charge is 0.331 e. The van der Waals surface area contributed by atoms with Gasteiger partial charge < -0.3 is 14.9 Å². The van der Waals surface area contributed by atoms with E-state index in [9.17, 15) is 24.6 Å². The fourth-order valence-corrected chi connectivity index (χ4v) is 2.75. The Hall–Kier alpha value is -2.55. The summed E-state index contributed by atoms with van der Waals surface area (Å²) < 4.78 is 6.37. The zero-order valence-electron chi connectivity index (χ0n) is 12.6. The van der Waals surface area contributed by atoms with Gasteiger partial charge in [-0.1, -0.05) is 30.3 Å². The highest BCUT2D eigenvalue weighted by Crippen LogP contribution is 2.28. The lowest BCUT2D eigenvalue weighted by atomic mass is 10.1. The van der Waals surface area contributed by atoms with E-state index >= 15 is 0 Å². The number of ether oxygens (including phenoxy) is 1. The van der Waals surface area contributed by atoms with E-state index < -0.39 is 35.5 Å². The number of carbonyl (C=O) groups is 1. The third-order valence-corrected chi connectivity index (χ3v) is 3.87. The molecule has 0 spiro atoms. The van der Waals surface area contributed by atoms with Gasteiger partial charge in [0.1, 0.15) is 11.8 Å². The van der Waals surface area contributed by atoms with Crippen LogP contribution in [0.25, 0.3) is 0 Å². The number of H-pyrrole nitrogens is 1. The van der Waals surface area contributed by atoms with Crippen LogP contribution in [0.3, 0.4) is 0 Å². The minimum atomic E-state index is -1.16. The number of nitrogens with one attached hydrogen (secondary N) is 1. The molecule has 3 rings (SSSR count). The summed E-state index contributed by atoms with van der Waals surface area (Å²) in [6.45, 7) is -0.326. The summed E-state index contributed by atoms with van der Waals surface area (Å²) in [6, 6.07) is 9.16. The molecule has 1 saturated heterocycles. The maximum absolute atomic E-state index is 12.7. The van der Waals surface area contributed by atoms with Crippen molar-refractivity contribution < 1.29 is 19.7 Å². The van der Waals surface area contributed by atoms with E-state index in [4.69, 9.17) is 4.74 Å². The highest BCUT2D eigenvalue weighted by molar-refractivity contribution is 6.07. The van der Waals surface area contributed by atoms with Crippen LogP contribution in [-0.4, -0.2) is 44.4 Å². The molecule has 126 valence electrons. The van der Waals surface area contributed by atoms with E-state index in [0.29, 0.717) is 5.56 Å². The molecule has 1 aromatic heterocycles. The molecule has 0 amide bonds. The molecular formula is C16H16N2O6. The Bertz CT molecular complexity index is 857. The van der Waals surface area contributed by atoms with Gasteiger partial charge in [-0.05, 0) is 0 Å². The number of aromatic nitrogens is 2. The third-order valence-electron chi connectivity index (χ3n) is 3.87. The predicted molar refractivity (Wildman–Crippen MR) is 82.8 cm³/mol. The molecule has 0 bridgehead atoms. The lowest BCUT2D eigenvalue weighted by Crippen LogP contribution is -2.39. The molecule has 2 heterocycles. The van der Waals surface area contributed by atoms with Crippen molar-refractivity contribution in [3.8, 4) is 0 Å². The first kappa shape index (κ1) is 16.3. The first-order valence-corrected chi connectivity index (χ1v) is 7.41. The zero-order valence-corrected chi connectivity index (χ0v) is 12.6. The van der Waals surface area contributed by atoms with Crippen molar-refractivity contribution in [3.63, 3.8) is 0 Å². The number of rotatable bonds is 4. The van der Waals surface area contributed by atoms with Crippen LogP contribution in [-0.2, 0) is 4.74 Å². The van der Waals surface area contributed by atoms with Gasteiger partial charge in [0.15, 0.2) is 6.23 Å². The number of aliphatic hydroxyl groups is 2. The summed E-state index contributed by atoms with van der Waals surface area (Å²) in [5.74, 6) is -0.540. The molecule has 8 nitrogen and oxygen atoms in total. The minimum absolute atomic E-state index is 0.117. The molecule has 3 N–H and O–H groups in total. The van der Waals surface area contributed by atoms with Crippen LogP contribution in [0.4, 0.5) is 0 Å². The van der Waals surface area contributed by atoms with Crippen LogP contribution in [0.1, 0.15) is 28.7 Å². The van der Waals surface area contributed by atoms with E-state index in [1.165, 1.54) is 0 Å². The van der Waals surface area contributed by atoms with Crippen LogP contribution < -0.4 is 11.2 Å². The molecule has 0 radical (unpaired) electrons. The molecule has 0 saturated carbocycles. The van der Waals surface area contributed by atoms with Crippen LogP contribution in [0.5, 0.6) is 0 Å². The molecular weight excluding hydrogens is 316 g/mol. The average molecular weight is 332 g/mol. The van der Waals surface area contributed by atoms with Gasteiger partial charge in [-0.25, -0.2) is 4.79 Å². The van der Waals surface area contributed by atoms with Crippen LogP contribution in [0, 0.1) is 0 Å². The van der Waals surface area contributed by atoms with Gasteiger partial charge in [0, 0.05) is 18.1 Å². The van der Waals surface area contributed by atoms with Gasteiger partial charge in [0.25, 0.3) is 5.56 Å². The van der Waals surface area contributed by atoms with Gasteiger partial charge in [-0.15, -0.1) is 0 Å². The highest BCUT2D eigenvalue weighted by Gasteiger charge is 2.37. The van der Waals surface area contributed by atoms with Crippen molar-refractivity contribution in [3.05, 3.63) is 68.5 Å². The van der Waals surface area contributed by atoms with Gasteiger partial charge in [-0.3, -0.25) is 19.1 Å². The van der Waals surface area contributed by atoms with Crippen LogP contribution in [0.15, 0.2) is 46.0 Å². The van der Waals surface area contributed by atoms with Gasteiger partial charge in [-0.2, -0.15) is 0 Å². The number of hydrogen-bond acceptors (Lipinski definition) is 6. The molecule has 1 aromatic carbocycles. The quantitative estimate of drug-likeness (QED) is 0.643. The fraction of sp³-hybridized carbons (Fsp3) is 0.312. The second kappa shape index (κ2) is 6.52. The largest absolute Gasteiger partial charge is 0.394 e. The van der Waals surface area contributed by atoms with E-state index in [2.05, 4.69) is 4.98 Å². The van der Waals surface area contributed by atoms with Gasteiger partial charge in [0.2, 0.25) is 5.78 Å². The molecule has 3 atom stereocenters. The van der Waals surface area contributed by atoms with E-state index in [-0.39, 0.29) is 18.7 Å². The minimum Gasteiger partial charge on any atom is -0.394 e. The highest BCUT2D eigenvalue weighted by atomic mass is 16.5. The topological polar surface area (TPSA) is 122 Å². The molecule has 1 aliphatic heterocycles. The predicted octanol–water partition coefficient (Wildman–Crippen LogP) is -0.592. The number of aliphatic hydroxyl groups excluding tert-OH is 2. The maximum atomic E-state index is 12.7. The molecule has 1 unspecified atom stereocenters. The lowest BCUT2D eigenvalue weighted by molar-refractivity contribution is -0.0538. The Balaban J connectivity index is 2.12. The summed E-state index contributed by atoms with van der Waals surface area (Å²) in [5.41, 5.74) is -1.47. The summed E-state index contributed by atoms with van der Waals surface area (Å²) in [5, 5.41) is 19.3. The molecule has 1 aliphatic rings. The zero-order chi connectivity index (χ0) is 17.3. The SMILES string of the molecule is O=C(c1ccccc1)c1cc(=O)[nH]c(=O)n1[C@H]1O[C@@H](CO)CC1O. The number of ketones is 1. The Morgan fingerprint density at radius 1 is 1.29 bits per heavy atom. The number of nitrogens with zero attached hydrogens (tertiary/aromatic N) is 1. The summed E-state index contributed by atoms with van der Waals surface area (Å²) in [7, 11) is 0. The number of aromatic amines is 1. The van der Waals surface area contributed by atoms with Gasteiger partial charge >= 0.3 is 5.69 Å². The van der Waals surface area contributed by atoms with Crippen LogP contribution in [0.2, 0.25) is 0 Å². The van der Waals surface area contributed by atoms with E-state index in [1.54, 1.807) is 30.3 Å². The molecule has 0 aliphatic carbocycles. The monoisotopic (exact) mass is 332 g/mol. The Morgan fingerprint density at radius 3 is 2.62 bits per heavy atom. The maximum Gasteiger partial charge on any atom is 0.331 e. The summed E-state index contributed by atoms with van der Waals surface area (Å²) in [6.07, 6.45) is -2.78. The van der Waals surface area contributed by atoms with E-state index in [1.807, 2.05) is 0 Å². The van der Waals surface area contributed by atoms with E-state index in [0.717, 1.165) is 10.6 Å². The van der Waals surface area contributed by atoms with Crippen molar-refractivity contribution >= 4 is 5.78 Å². The Labute approximate surface area is 136 Å².